The summed E-state index contributed by atoms with van der Waals surface area (Å²) in [5.41, 5.74) is -11.6. The van der Waals surface area contributed by atoms with E-state index in [1.54, 1.807) is 18.2 Å². The van der Waals surface area contributed by atoms with Gasteiger partial charge >= 0.3 is 36.1 Å². The minimum atomic E-state index is -2.52. The summed E-state index contributed by atoms with van der Waals surface area (Å²) in [6.07, 6.45) is -14.1. The van der Waals surface area contributed by atoms with E-state index >= 15 is 4.79 Å². The predicted octanol–water partition coefficient (Wildman–Crippen LogP) is 2.79. The highest BCUT2D eigenvalue weighted by atomic mass is 16.8. The summed E-state index contributed by atoms with van der Waals surface area (Å²) in [7, 11) is 1.04. The maximum absolute atomic E-state index is 15.5. The van der Waals surface area contributed by atoms with Crippen LogP contribution in [0.1, 0.15) is 92.4 Å². The number of hydrogen-bond acceptors (Lipinski definition) is 17. The highest BCUT2D eigenvalue weighted by Gasteiger charge is 2.78. The Morgan fingerprint density at radius 2 is 1.58 bits per heavy atom. The van der Waals surface area contributed by atoms with Gasteiger partial charge in [-0.05, 0) is 71.7 Å². The molecule has 4 aliphatic rings. The number of aliphatic carboxylic acids is 1. The second kappa shape index (κ2) is 16.5. The van der Waals surface area contributed by atoms with Crippen LogP contribution in [0.2, 0.25) is 0 Å². The molecule has 19 nitrogen and oxygen atoms in total. The maximum atomic E-state index is 15.5. The van der Waals surface area contributed by atoms with Gasteiger partial charge in [-0.3, -0.25) is 14.4 Å². The molecule has 1 heterocycles. The van der Waals surface area contributed by atoms with Crippen LogP contribution in [0.4, 0.5) is 9.59 Å². The van der Waals surface area contributed by atoms with E-state index < -0.39 is 137 Å². The molecule has 0 radical (unpaired) electrons. The SMILES string of the molecule is COC(=O)O[C@@]12CO[C@@H]1CC(O)[C@@]1(C)C(=O)[C@H](OC(C)=O)C3=C(C)[C@@H](OC(=O)[C@H](O)[C@@H](NC(=O)OC(C)(C)C)C(C)(C)C(=O)O)C[C@@](O)([C@@H](OC(=O)c4ccccc4)C12)C3(C)C. The second-order valence-electron chi connectivity index (χ2n) is 18.7. The van der Waals surface area contributed by atoms with Crippen molar-refractivity contribution in [1.29, 1.82) is 0 Å². The first-order chi connectivity index (χ1) is 28.5. The number of carboxylic acid groups (broad SMARTS) is 1. The van der Waals surface area contributed by atoms with E-state index in [0.717, 1.165) is 27.9 Å². The van der Waals surface area contributed by atoms with Crippen molar-refractivity contribution in [3.8, 4) is 0 Å². The number of carbonyl (C=O) groups is 7. The highest BCUT2D eigenvalue weighted by Crippen LogP contribution is 2.64. The van der Waals surface area contributed by atoms with E-state index in [0.29, 0.717) is 0 Å². The van der Waals surface area contributed by atoms with Gasteiger partial charge in [-0.2, -0.15) is 0 Å². The molecular formula is C43H57NO18. The predicted molar refractivity (Wildman–Crippen MR) is 211 cm³/mol. The van der Waals surface area contributed by atoms with Crippen LogP contribution >= 0.6 is 0 Å². The van der Waals surface area contributed by atoms with Crippen molar-refractivity contribution >= 4 is 41.9 Å². The topological polar surface area (TPSA) is 277 Å². The number of Topliss-reactive ketones (excluding diaryl/α,β-unsaturated/α-hetero) is 1. The van der Waals surface area contributed by atoms with Gasteiger partial charge in [0.1, 0.15) is 29.5 Å². The second-order valence-corrected chi connectivity index (χ2v) is 18.7. The lowest BCUT2D eigenvalue weighted by molar-refractivity contribution is -0.344. The molecule has 5 rings (SSSR count). The lowest BCUT2D eigenvalue weighted by Gasteiger charge is -2.67. The van der Waals surface area contributed by atoms with Gasteiger partial charge in [-0.15, -0.1) is 0 Å². The summed E-state index contributed by atoms with van der Waals surface area (Å²) in [5.74, 6) is -7.64. The summed E-state index contributed by atoms with van der Waals surface area (Å²) in [6.45, 7) is 13.2. The zero-order chi connectivity index (χ0) is 46.7. The number of rotatable bonds is 10. The molecule has 62 heavy (non-hydrogen) atoms. The van der Waals surface area contributed by atoms with Crippen molar-refractivity contribution in [2.24, 2.45) is 22.2 Å². The number of alkyl carbamates (subject to hydrolysis) is 1. The van der Waals surface area contributed by atoms with Crippen LogP contribution in [0.25, 0.3) is 0 Å². The smallest absolute Gasteiger partial charge is 0.481 e. The van der Waals surface area contributed by atoms with Crippen LogP contribution < -0.4 is 5.32 Å². The molecule has 342 valence electrons. The Morgan fingerprint density at radius 3 is 2.10 bits per heavy atom. The number of ketones is 1. The van der Waals surface area contributed by atoms with Crippen LogP contribution in [0.3, 0.4) is 0 Å². The molecule has 19 heteroatoms. The molecule has 2 saturated carbocycles. The average molecular weight is 876 g/mol. The van der Waals surface area contributed by atoms with Gasteiger partial charge in [0.05, 0.1) is 48.2 Å². The maximum Gasteiger partial charge on any atom is 0.508 e. The average Bonchev–Trinajstić information content (AvgIpc) is 3.17. The molecule has 1 aliphatic heterocycles. The first kappa shape index (κ1) is 47.9. The van der Waals surface area contributed by atoms with E-state index in [1.807, 2.05) is 0 Å². The van der Waals surface area contributed by atoms with Gasteiger partial charge in [-0.1, -0.05) is 32.0 Å². The molecule has 3 aliphatic carbocycles. The summed E-state index contributed by atoms with van der Waals surface area (Å²) >= 11 is 0. The van der Waals surface area contributed by atoms with Crippen molar-refractivity contribution in [2.45, 2.75) is 142 Å². The van der Waals surface area contributed by atoms with Crippen LogP contribution in [0, 0.1) is 22.2 Å². The largest absolute Gasteiger partial charge is 0.508 e. The molecule has 1 saturated heterocycles. The Morgan fingerprint density at radius 1 is 0.968 bits per heavy atom. The Hall–Kier alpha value is -5.11. The first-order valence-electron chi connectivity index (χ1n) is 20.1. The number of hydrogen-bond donors (Lipinski definition) is 5. The molecule has 1 aromatic carbocycles. The number of esters is 3. The van der Waals surface area contributed by atoms with Gasteiger partial charge in [0.25, 0.3) is 0 Å². The molecule has 5 N–H and O–H groups in total. The van der Waals surface area contributed by atoms with Crippen molar-refractivity contribution in [3.63, 3.8) is 0 Å². The molecule has 2 bridgehead atoms. The molecular weight excluding hydrogens is 818 g/mol. The number of carbonyl (C=O) groups excluding carboxylic acids is 6. The van der Waals surface area contributed by atoms with Crippen LogP contribution in [-0.2, 0) is 52.3 Å². The summed E-state index contributed by atoms with van der Waals surface area (Å²) in [6, 6.07) is 5.71. The van der Waals surface area contributed by atoms with Gasteiger partial charge in [0.2, 0.25) is 0 Å². The van der Waals surface area contributed by atoms with Crippen LogP contribution in [0.5, 0.6) is 0 Å². The Labute approximate surface area is 358 Å². The number of aliphatic hydroxyl groups is 3. The van der Waals surface area contributed by atoms with Gasteiger partial charge < -0.3 is 58.9 Å². The Bertz CT molecular complexity index is 2020. The number of benzene rings is 1. The summed E-state index contributed by atoms with van der Waals surface area (Å²) in [4.78, 5) is 95.2. The Kier molecular flexibility index (Phi) is 12.8. The fourth-order valence-electron chi connectivity index (χ4n) is 9.51. The standard InChI is InChI=1S/C43H57NO18/c1-20-23(59-34(50)27(47)30(39(6,7)35(51)52)44-36(53)61-38(3,4)5)18-43(55)32(60-33(49)22-15-13-12-14-16-22)29-41(10,31(48)28(58-21(2)45)26(20)40(43,8)9)24(46)17-25-42(29,19-57-25)62-37(54)56-11/h12-16,23-25,27-30,32,46-47,55H,17-19H2,1-11H3,(H,44,53)(H,51,52)/t23-,24?,25+,27+,28+,29?,30+,32-,41+,42-,43+/m0/s1. The quantitative estimate of drug-likeness (QED) is 0.128. The third-order valence-electron chi connectivity index (χ3n) is 13.1. The molecule has 1 amide bonds. The van der Waals surface area contributed by atoms with Gasteiger partial charge in [-0.25, -0.2) is 19.2 Å². The number of ether oxygens (including phenoxy) is 7. The molecule has 11 atom stereocenters. The van der Waals surface area contributed by atoms with Gasteiger partial charge in [0.15, 0.2) is 23.6 Å². The number of methoxy groups -OCH3 is 1. The monoisotopic (exact) mass is 875 g/mol. The molecule has 1 aromatic rings. The van der Waals surface area contributed by atoms with E-state index in [1.165, 1.54) is 60.6 Å². The van der Waals surface area contributed by atoms with E-state index in [2.05, 4.69) is 5.32 Å². The fourth-order valence-corrected chi connectivity index (χ4v) is 9.51. The minimum Gasteiger partial charge on any atom is -0.481 e. The molecule has 0 aromatic heterocycles. The lowest BCUT2D eigenvalue weighted by atomic mass is 9.44. The lowest BCUT2D eigenvalue weighted by Crippen LogP contribution is -2.82. The van der Waals surface area contributed by atoms with E-state index in [4.69, 9.17) is 33.2 Å². The first-order valence-corrected chi connectivity index (χ1v) is 20.1. The van der Waals surface area contributed by atoms with Crippen molar-refractivity contribution in [3.05, 3.63) is 47.0 Å². The number of fused-ring (bicyclic) bond motifs is 5. The molecule has 3 fully saturated rings. The number of amides is 1. The number of carboxylic acids is 1. The zero-order valence-corrected chi connectivity index (χ0v) is 36.6. The fraction of sp³-hybridized carbons (Fsp3) is 0.651. The molecule has 0 spiro atoms. The third kappa shape index (κ3) is 8.03. The zero-order valence-electron chi connectivity index (χ0n) is 36.6. The Balaban J connectivity index is 1.75. The van der Waals surface area contributed by atoms with Crippen molar-refractivity contribution in [2.75, 3.05) is 13.7 Å². The molecule has 2 unspecified atom stereocenters. The van der Waals surface area contributed by atoms with Gasteiger partial charge in [0, 0.05) is 25.2 Å². The van der Waals surface area contributed by atoms with E-state index in [-0.39, 0.29) is 23.1 Å². The highest BCUT2D eigenvalue weighted by molar-refractivity contribution is 5.95. The van der Waals surface area contributed by atoms with Crippen LogP contribution in [-0.4, -0.2) is 136 Å². The number of nitrogens with one attached hydrogen (secondary N) is 1. The van der Waals surface area contributed by atoms with E-state index in [9.17, 15) is 49.2 Å². The third-order valence-corrected chi connectivity index (χ3v) is 13.1. The van der Waals surface area contributed by atoms with Crippen molar-refractivity contribution in [1.82, 2.24) is 5.32 Å². The number of aliphatic hydroxyl groups excluding tert-OH is 2. The minimum absolute atomic E-state index is 0.000850. The normalized spacial score (nSPS) is 32.4. The van der Waals surface area contributed by atoms with Crippen molar-refractivity contribution < 1.29 is 87.1 Å². The summed E-state index contributed by atoms with van der Waals surface area (Å²) < 4.78 is 39.9. The summed E-state index contributed by atoms with van der Waals surface area (Å²) in [5, 5.41) is 49.6. The van der Waals surface area contributed by atoms with Crippen LogP contribution in [0.15, 0.2) is 41.5 Å².